The number of esters is 4. The monoisotopic (exact) mass is 1210 g/mol. The van der Waals surface area contributed by atoms with Crippen molar-refractivity contribution in [1.82, 2.24) is 0 Å². The fourth-order valence-electron chi connectivity index (χ4n) is 9.21. The van der Waals surface area contributed by atoms with Gasteiger partial charge in [-0.05, 0) is 43.4 Å². The van der Waals surface area contributed by atoms with E-state index >= 15 is 0 Å². The Morgan fingerprint density at radius 3 is 0.866 bits per heavy atom. The van der Waals surface area contributed by atoms with E-state index in [1.807, 2.05) is 0 Å². The second-order valence-electron chi connectivity index (χ2n) is 23.5. The van der Waals surface area contributed by atoms with Gasteiger partial charge in [-0.25, -0.2) is 9.13 Å². The molecule has 0 bridgehead atoms. The molecule has 3 N–H and O–H groups in total. The zero-order chi connectivity index (χ0) is 61.0. The molecule has 0 aliphatic heterocycles. The predicted octanol–water partition coefficient (Wildman–Crippen LogP) is 17.1. The first-order valence-electron chi connectivity index (χ1n) is 33.0. The van der Waals surface area contributed by atoms with Gasteiger partial charge in [0.05, 0.1) is 26.4 Å². The van der Waals surface area contributed by atoms with Crippen molar-refractivity contribution in [3.8, 4) is 0 Å². The summed E-state index contributed by atoms with van der Waals surface area (Å²) in [5, 5.41) is 10.5. The lowest BCUT2D eigenvalue weighted by atomic mass is 9.99. The van der Waals surface area contributed by atoms with Gasteiger partial charge in [-0.15, -0.1) is 0 Å². The Morgan fingerprint density at radius 2 is 0.585 bits per heavy atom. The quantitative estimate of drug-likeness (QED) is 0.0222. The van der Waals surface area contributed by atoms with E-state index in [2.05, 4.69) is 48.5 Å². The summed E-state index contributed by atoms with van der Waals surface area (Å²) < 4.78 is 67.9. The van der Waals surface area contributed by atoms with Gasteiger partial charge in [-0.3, -0.25) is 37.3 Å². The van der Waals surface area contributed by atoms with Crippen molar-refractivity contribution in [2.75, 3.05) is 39.6 Å². The van der Waals surface area contributed by atoms with Crippen molar-refractivity contribution in [2.24, 2.45) is 17.8 Å². The van der Waals surface area contributed by atoms with E-state index in [1.54, 1.807) is 0 Å². The first-order chi connectivity index (χ1) is 39.3. The number of phosphoric ester groups is 2. The second-order valence-corrected chi connectivity index (χ2v) is 26.4. The number of hydrogen-bond acceptors (Lipinski definition) is 15. The fourth-order valence-corrected chi connectivity index (χ4v) is 10.8. The smallest absolute Gasteiger partial charge is 0.462 e. The SMILES string of the molecule is CCCCCCCCCCC(=O)OC[C@H](COP(=O)(O)OC[C@H](O)COP(=O)(O)OC[C@@H](COC(=O)CCCCCCCCCCC(C)CC)OC(=O)CCCCCCCCCCC(C)CC)OC(=O)CCCCCCCCC(C)CC. The van der Waals surface area contributed by atoms with Crippen molar-refractivity contribution in [1.29, 1.82) is 0 Å². The van der Waals surface area contributed by atoms with Crippen LogP contribution in [0.2, 0.25) is 0 Å². The topological polar surface area (TPSA) is 237 Å². The molecule has 0 aliphatic rings. The van der Waals surface area contributed by atoms with Gasteiger partial charge in [0.1, 0.15) is 19.3 Å². The number of ether oxygens (including phenoxy) is 4. The van der Waals surface area contributed by atoms with Crippen LogP contribution in [0.3, 0.4) is 0 Å². The minimum absolute atomic E-state index is 0.102. The first-order valence-corrected chi connectivity index (χ1v) is 36.0. The van der Waals surface area contributed by atoms with Gasteiger partial charge in [-0.1, -0.05) is 254 Å². The van der Waals surface area contributed by atoms with Gasteiger partial charge >= 0.3 is 39.5 Å². The molecular weight excluding hydrogens is 1090 g/mol. The number of unbranched alkanes of at least 4 members (excludes halogenated alkanes) is 26. The van der Waals surface area contributed by atoms with Crippen molar-refractivity contribution < 1.29 is 80.2 Å². The summed E-state index contributed by atoms with van der Waals surface area (Å²) in [4.78, 5) is 72.1. The first kappa shape index (κ1) is 80.1. The molecule has 0 saturated carbocycles. The molecule has 5 unspecified atom stereocenters. The molecule has 0 aliphatic carbocycles. The zero-order valence-corrected chi connectivity index (χ0v) is 54.7. The summed E-state index contributed by atoms with van der Waals surface area (Å²) in [7, 11) is -9.88. The largest absolute Gasteiger partial charge is 0.472 e. The van der Waals surface area contributed by atoms with Crippen LogP contribution in [0.25, 0.3) is 0 Å². The fraction of sp³-hybridized carbons (Fsp3) is 0.937. The summed E-state index contributed by atoms with van der Waals surface area (Å²) in [6.07, 6.45) is 34.8. The number of rotatable bonds is 61. The summed E-state index contributed by atoms with van der Waals surface area (Å²) >= 11 is 0. The lowest BCUT2D eigenvalue weighted by Gasteiger charge is -2.21. The summed E-state index contributed by atoms with van der Waals surface area (Å²) in [5.41, 5.74) is 0. The maximum Gasteiger partial charge on any atom is 0.472 e. The van der Waals surface area contributed by atoms with Crippen LogP contribution >= 0.6 is 15.6 Å². The number of carbonyl (C=O) groups is 4. The van der Waals surface area contributed by atoms with Crippen molar-refractivity contribution in [2.45, 2.75) is 324 Å². The molecule has 0 aromatic heterocycles. The molecule has 0 radical (unpaired) electrons. The van der Waals surface area contributed by atoms with E-state index in [-0.39, 0.29) is 25.7 Å². The van der Waals surface area contributed by atoms with Crippen molar-refractivity contribution in [3.05, 3.63) is 0 Å². The van der Waals surface area contributed by atoms with E-state index in [9.17, 15) is 43.2 Å². The Balaban J connectivity index is 5.26. The minimum Gasteiger partial charge on any atom is -0.462 e. The van der Waals surface area contributed by atoms with Gasteiger partial charge in [-0.2, -0.15) is 0 Å². The van der Waals surface area contributed by atoms with Crippen LogP contribution < -0.4 is 0 Å². The molecular formula is C63H122O17P2. The molecule has 82 heavy (non-hydrogen) atoms. The summed E-state index contributed by atoms with van der Waals surface area (Å²) in [6.45, 7) is 11.7. The van der Waals surface area contributed by atoms with E-state index in [1.165, 1.54) is 109 Å². The van der Waals surface area contributed by atoms with Gasteiger partial charge in [0.2, 0.25) is 0 Å². The number of aliphatic hydroxyl groups excluding tert-OH is 1. The highest BCUT2D eigenvalue weighted by Gasteiger charge is 2.30. The van der Waals surface area contributed by atoms with Crippen LogP contribution in [-0.2, 0) is 65.4 Å². The minimum atomic E-state index is -4.94. The molecule has 0 spiro atoms. The molecule has 0 aromatic rings. The molecule has 17 nitrogen and oxygen atoms in total. The molecule has 0 fully saturated rings. The normalized spacial score (nSPS) is 15.4. The molecule has 19 heteroatoms. The standard InChI is InChI=1S/C63H122O17P2/c1-8-12-13-14-15-22-30-37-44-60(65)73-51-59(80-63(68)47-40-33-26-25-29-36-43-56(7)11-4)53-78-82(71,72)76-49-57(64)48-75-81(69,70)77-52-58(79-62(67)46-39-32-24-19-17-21-28-35-42-55(6)10-3)50-74-61(66)45-38-31-23-18-16-20-27-34-41-54(5)9-2/h54-59,64H,8-53H2,1-7H3,(H,69,70)(H,71,72)/t54?,55?,56?,57-,58-,59-/m1/s1. The lowest BCUT2D eigenvalue weighted by molar-refractivity contribution is -0.161. The van der Waals surface area contributed by atoms with E-state index < -0.39 is 97.5 Å². The Bertz CT molecular complexity index is 1640. The molecule has 0 rings (SSSR count). The van der Waals surface area contributed by atoms with E-state index in [0.29, 0.717) is 25.7 Å². The van der Waals surface area contributed by atoms with Gasteiger partial charge in [0.25, 0.3) is 0 Å². The van der Waals surface area contributed by atoms with Crippen molar-refractivity contribution in [3.63, 3.8) is 0 Å². The van der Waals surface area contributed by atoms with Crippen LogP contribution in [0.1, 0.15) is 305 Å². The van der Waals surface area contributed by atoms with Crippen LogP contribution in [0.15, 0.2) is 0 Å². The molecule has 0 amide bonds. The van der Waals surface area contributed by atoms with Gasteiger partial charge in [0, 0.05) is 25.7 Å². The third-order valence-electron chi connectivity index (χ3n) is 15.5. The lowest BCUT2D eigenvalue weighted by Crippen LogP contribution is -2.30. The van der Waals surface area contributed by atoms with E-state index in [0.717, 1.165) is 114 Å². The number of hydrogen-bond donors (Lipinski definition) is 3. The van der Waals surface area contributed by atoms with E-state index in [4.69, 9.17) is 37.0 Å². The molecule has 8 atom stereocenters. The van der Waals surface area contributed by atoms with Crippen molar-refractivity contribution >= 4 is 39.5 Å². The Kier molecular flexibility index (Phi) is 53.2. The maximum absolute atomic E-state index is 13.0. The third-order valence-corrected chi connectivity index (χ3v) is 17.4. The van der Waals surface area contributed by atoms with Crippen LogP contribution in [0.4, 0.5) is 0 Å². The number of carbonyl (C=O) groups excluding carboxylic acids is 4. The second kappa shape index (κ2) is 54.5. The Hall–Kier alpha value is -1.94. The van der Waals surface area contributed by atoms with Gasteiger partial charge in [0.15, 0.2) is 12.2 Å². The highest BCUT2D eigenvalue weighted by molar-refractivity contribution is 7.47. The average molecular weight is 1210 g/mol. The highest BCUT2D eigenvalue weighted by atomic mass is 31.2. The summed E-state index contributed by atoms with van der Waals surface area (Å²) in [5.74, 6) is 0.125. The number of phosphoric acid groups is 2. The maximum atomic E-state index is 13.0. The highest BCUT2D eigenvalue weighted by Crippen LogP contribution is 2.45. The van der Waals surface area contributed by atoms with Gasteiger partial charge < -0.3 is 33.8 Å². The molecule has 0 heterocycles. The Morgan fingerprint density at radius 1 is 0.341 bits per heavy atom. The average Bonchev–Trinajstić information content (AvgIpc) is 3.47. The predicted molar refractivity (Wildman–Crippen MR) is 326 cm³/mol. The Labute approximate surface area is 498 Å². The molecule has 486 valence electrons. The summed E-state index contributed by atoms with van der Waals surface area (Å²) in [6, 6.07) is 0. The molecule has 0 saturated heterocycles. The van der Waals surface area contributed by atoms with Crippen LogP contribution in [0.5, 0.6) is 0 Å². The number of aliphatic hydroxyl groups is 1. The third kappa shape index (κ3) is 53.5. The van der Waals surface area contributed by atoms with Crippen LogP contribution in [0, 0.1) is 17.8 Å². The zero-order valence-electron chi connectivity index (χ0n) is 52.9. The molecule has 0 aromatic carbocycles. The van der Waals surface area contributed by atoms with Crippen LogP contribution in [-0.4, -0.2) is 96.7 Å².